The lowest BCUT2D eigenvalue weighted by atomic mass is 10.0. The van der Waals surface area contributed by atoms with Crippen molar-refractivity contribution >= 4 is 11.3 Å². The van der Waals surface area contributed by atoms with Crippen molar-refractivity contribution in [3.63, 3.8) is 0 Å². The van der Waals surface area contributed by atoms with Crippen LogP contribution in [-0.2, 0) is 0 Å². The molecule has 0 aliphatic carbocycles. The van der Waals surface area contributed by atoms with Crippen LogP contribution in [0.25, 0.3) is 0 Å². The molecule has 0 radical (unpaired) electrons. The standard InChI is InChI=1S/C11H10F2N2S/c1-14-11(10-5-16-6-15-10)7-2-8(12)4-9(13)3-7/h2-6,11,14H,1H3. The minimum Gasteiger partial charge on any atom is -0.308 e. The first-order valence-corrected chi connectivity index (χ1v) is 5.66. The van der Waals surface area contributed by atoms with Crippen LogP contribution < -0.4 is 5.32 Å². The summed E-state index contributed by atoms with van der Waals surface area (Å²) in [6.45, 7) is 0. The van der Waals surface area contributed by atoms with Gasteiger partial charge in [-0.2, -0.15) is 0 Å². The van der Waals surface area contributed by atoms with Gasteiger partial charge >= 0.3 is 0 Å². The van der Waals surface area contributed by atoms with Gasteiger partial charge in [0.2, 0.25) is 0 Å². The van der Waals surface area contributed by atoms with Gasteiger partial charge in [-0.1, -0.05) is 0 Å². The predicted molar refractivity (Wildman–Crippen MR) is 59.4 cm³/mol. The highest BCUT2D eigenvalue weighted by Crippen LogP contribution is 2.23. The Balaban J connectivity index is 2.41. The van der Waals surface area contributed by atoms with E-state index in [1.807, 2.05) is 5.38 Å². The number of halogens is 2. The van der Waals surface area contributed by atoms with Crippen molar-refractivity contribution in [2.24, 2.45) is 0 Å². The molecule has 1 unspecified atom stereocenters. The molecule has 0 aliphatic rings. The molecule has 1 aromatic carbocycles. The van der Waals surface area contributed by atoms with Crippen LogP contribution in [0.4, 0.5) is 8.78 Å². The molecular formula is C11H10F2N2S. The molecule has 5 heteroatoms. The average molecular weight is 240 g/mol. The van der Waals surface area contributed by atoms with Gasteiger partial charge in [0.1, 0.15) is 11.6 Å². The minimum atomic E-state index is -0.578. The van der Waals surface area contributed by atoms with Crippen LogP contribution in [-0.4, -0.2) is 12.0 Å². The molecule has 0 bridgehead atoms. The van der Waals surface area contributed by atoms with Gasteiger partial charge in [-0.15, -0.1) is 11.3 Å². The SMILES string of the molecule is CNC(c1cc(F)cc(F)c1)c1cscn1. The number of thiazole rings is 1. The van der Waals surface area contributed by atoms with E-state index >= 15 is 0 Å². The maximum atomic E-state index is 13.1. The number of nitrogens with zero attached hydrogens (tertiary/aromatic N) is 1. The van der Waals surface area contributed by atoms with Gasteiger partial charge in [0, 0.05) is 11.4 Å². The Kier molecular flexibility index (Phi) is 3.26. The molecular weight excluding hydrogens is 230 g/mol. The van der Waals surface area contributed by atoms with Crippen molar-refractivity contribution in [3.8, 4) is 0 Å². The quantitative estimate of drug-likeness (QED) is 0.892. The van der Waals surface area contributed by atoms with Gasteiger partial charge in [-0.05, 0) is 24.7 Å². The topological polar surface area (TPSA) is 24.9 Å². The van der Waals surface area contributed by atoms with Gasteiger partial charge in [-0.3, -0.25) is 0 Å². The van der Waals surface area contributed by atoms with Gasteiger partial charge in [0.05, 0.1) is 17.2 Å². The summed E-state index contributed by atoms with van der Waals surface area (Å²) in [5.74, 6) is -1.16. The third-order valence-electron chi connectivity index (χ3n) is 2.25. The summed E-state index contributed by atoms with van der Waals surface area (Å²) in [4.78, 5) is 4.13. The van der Waals surface area contributed by atoms with Crippen LogP contribution in [0.15, 0.2) is 29.1 Å². The molecule has 0 aliphatic heterocycles. The van der Waals surface area contributed by atoms with E-state index < -0.39 is 11.6 Å². The molecule has 1 N–H and O–H groups in total. The molecule has 2 aromatic rings. The van der Waals surface area contributed by atoms with Crippen molar-refractivity contribution in [2.75, 3.05) is 7.05 Å². The van der Waals surface area contributed by atoms with Crippen molar-refractivity contribution in [2.45, 2.75) is 6.04 Å². The molecule has 84 valence electrons. The predicted octanol–water partition coefficient (Wildman–Crippen LogP) is 2.73. The molecule has 0 saturated heterocycles. The van der Waals surface area contributed by atoms with Crippen LogP contribution >= 0.6 is 11.3 Å². The summed E-state index contributed by atoms with van der Waals surface area (Å²) in [5, 5.41) is 4.84. The van der Waals surface area contributed by atoms with Gasteiger partial charge < -0.3 is 5.32 Å². The maximum absolute atomic E-state index is 13.1. The summed E-state index contributed by atoms with van der Waals surface area (Å²) in [7, 11) is 1.73. The molecule has 0 fully saturated rings. The molecule has 1 atom stereocenters. The fourth-order valence-corrected chi connectivity index (χ4v) is 2.17. The van der Waals surface area contributed by atoms with E-state index in [2.05, 4.69) is 10.3 Å². The van der Waals surface area contributed by atoms with E-state index in [0.717, 1.165) is 11.8 Å². The largest absolute Gasteiger partial charge is 0.308 e. The second-order valence-electron chi connectivity index (χ2n) is 3.34. The molecule has 0 saturated carbocycles. The fraction of sp³-hybridized carbons (Fsp3) is 0.182. The fourth-order valence-electron chi connectivity index (χ4n) is 1.59. The number of hydrogen-bond acceptors (Lipinski definition) is 3. The summed E-state index contributed by atoms with van der Waals surface area (Å²) < 4.78 is 26.2. The lowest BCUT2D eigenvalue weighted by molar-refractivity contribution is 0.570. The molecule has 1 heterocycles. The lowest BCUT2D eigenvalue weighted by Crippen LogP contribution is -2.18. The molecule has 2 rings (SSSR count). The maximum Gasteiger partial charge on any atom is 0.126 e. The second-order valence-corrected chi connectivity index (χ2v) is 4.06. The van der Waals surface area contributed by atoms with E-state index in [0.29, 0.717) is 5.56 Å². The zero-order valence-electron chi connectivity index (χ0n) is 8.58. The van der Waals surface area contributed by atoms with Crippen LogP contribution in [0.1, 0.15) is 17.3 Å². The summed E-state index contributed by atoms with van der Waals surface area (Å²) in [5.41, 5.74) is 2.98. The number of nitrogens with one attached hydrogen (secondary N) is 1. The van der Waals surface area contributed by atoms with Crippen LogP contribution in [0.3, 0.4) is 0 Å². The molecule has 16 heavy (non-hydrogen) atoms. The Labute approximate surface area is 96.0 Å². The van der Waals surface area contributed by atoms with Crippen LogP contribution in [0.5, 0.6) is 0 Å². The smallest absolute Gasteiger partial charge is 0.126 e. The van der Waals surface area contributed by atoms with Crippen LogP contribution in [0.2, 0.25) is 0 Å². The first-order chi connectivity index (χ1) is 7.70. The summed E-state index contributed by atoms with van der Waals surface area (Å²) >= 11 is 1.45. The van der Waals surface area contributed by atoms with Crippen molar-refractivity contribution in [1.82, 2.24) is 10.3 Å². The Morgan fingerprint density at radius 1 is 1.25 bits per heavy atom. The summed E-state index contributed by atoms with van der Waals surface area (Å²) in [6, 6.07) is 3.20. The van der Waals surface area contributed by atoms with E-state index in [-0.39, 0.29) is 6.04 Å². The van der Waals surface area contributed by atoms with Crippen LogP contribution in [0, 0.1) is 11.6 Å². The Bertz CT molecular complexity index is 451. The first-order valence-electron chi connectivity index (χ1n) is 4.72. The van der Waals surface area contributed by atoms with E-state index in [1.54, 1.807) is 12.6 Å². The highest BCUT2D eigenvalue weighted by atomic mass is 32.1. The second kappa shape index (κ2) is 4.67. The number of hydrogen-bond donors (Lipinski definition) is 1. The third kappa shape index (κ3) is 2.25. The number of aromatic nitrogens is 1. The van der Waals surface area contributed by atoms with Gasteiger partial charge in [0.15, 0.2) is 0 Å². The van der Waals surface area contributed by atoms with E-state index in [1.165, 1.54) is 23.5 Å². The molecule has 2 nitrogen and oxygen atoms in total. The molecule has 1 aromatic heterocycles. The van der Waals surface area contributed by atoms with E-state index in [9.17, 15) is 8.78 Å². The lowest BCUT2D eigenvalue weighted by Gasteiger charge is -2.14. The monoisotopic (exact) mass is 240 g/mol. The average Bonchev–Trinajstić information content (AvgIpc) is 2.70. The zero-order valence-corrected chi connectivity index (χ0v) is 9.39. The van der Waals surface area contributed by atoms with Gasteiger partial charge in [-0.25, -0.2) is 13.8 Å². The highest BCUT2D eigenvalue weighted by Gasteiger charge is 2.15. The minimum absolute atomic E-state index is 0.281. The molecule has 0 amide bonds. The Morgan fingerprint density at radius 3 is 2.44 bits per heavy atom. The highest BCUT2D eigenvalue weighted by molar-refractivity contribution is 7.07. The van der Waals surface area contributed by atoms with Crippen molar-refractivity contribution in [1.29, 1.82) is 0 Å². The summed E-state index contributed by atoms with van der Waals surface area (Å²) in [6.07, 6.45) is 0. The third-order valence-corrected chi connectivity index (χ3v) is 2.86. The zero-order chi connectivity index (χ0) is 11.5. The van der Waals surface area contributed by atoms with Gasteiger partial charge in [0.25, 0.3) is 0 Å². The molecule has 0 spiro atoms. The van der Waals surface area contributed by atoms with Crippen molar-refractivity contribution in [3.05, 3.63) is 52.0 Å². The number of benzene rings is 1. The Morgan fingerprint density at radius 2 is 1.94 bits per heavy atom. The number of rotatable bonds is 3. The normalized spacial score (nSPS) is 12.7. The Hall–Kier alpha value is -1.33. The van der Waals surface area contributed by atoms with Crippen molar-refractivity contribution < 1.29 is 8.78 Å². The first kappa shape index (κ1) is 11.2. The van der Waals surface area contributed by atoms with E-state index in [4.69, 9.17) is 0 Å².